The van der Waals surface area contributed by atoms with Gasteiger partial charge in [0.25, 0.3) is 5.56 Å². The quantitative estimate of drug-likeness (QED) is 0.625. The summed E-state index contributed by atoms with van der Waals surface area (Å²) in [5.41, 5.74) is 1.18. The lowest BCUT2D eigenvalue weighted by Gasteiger charge is -2.11. The lowest BCUT2D eigenvalue weighted by atomic mass is 10.3. The minimum absolute atomic E-state index is 0.112. The maximum absolute atomic E-state index is 12.7. The molecule has 25 heavy (non-hydrogen) atoms. The van der Waals surface area contributed by atoms with Gasteiger partial charge in [-0.25, -0.2) is 14.3 Å². The zero-order valence-corrected chi connectivity index (χ0v) is 14.6. The molecule has 3 rings (SSSR count). The summed E-state index contributed by atoms with van der Waals surface area (Å²) in [6.45, 7) is 3.56. The lowest BCUT2D eigenvalue weighted by Crippen LogP contribution is -2.23. The first-order valence-corrected chi connectivity index (χ1v) is 8.20. The van der Waals surface area contributed by atoms with Crippen molar-refractivity contribution in [1.82, 2.24) is 24.1 Å². The molecule has 8 nitrogen and oxygen atoms in total. The minimum Gasteiger partial charge on any atom is -0.462 e. The number of carbonyl (C=O) groups excluding carboxylic acids is 1. The maximum atomic E-state index is 12.7. The van der Waals surface area contributed by atoms with E-state index in [0.717, 1.165) is 13.0 Å². The third-order valence-electron chi connectivity index (χ3n) is 3.97. The fourth-order valence-corrected chi connectivity index (χ4v) is 2.74. The second kappa shape index (κ2) is 7.02. The van der Waals surface area contributed by atoms with Gasteiger partial charge in [0, 0.05) is 18.9 Å². The molecule has 0 aromatic carbocycles. The van der Waals surface area contributed by atoms with Gasteiger partial charge in [0.2, 0.25) is 0 Å². The number of fused-ring (bicyclic) bond motifs is 3. The Morgan fingerprint density at radius 1 is 1.32 bits per heavy atom. The van der Waals surface area contributed by atoms with Gasteiger partial charge in [-0.3, -0.25) is 4.79 Å². The molecule has 0 saturated heterocycles. The number of hydrogen-bond acceptors (Lipinski definition) is 6. The van der Waals surface area contributed by atoms with E-state index in [1.807, 2.05) is 20.2 Å². The Morgan fingerprint density at radius 2 is 2.12 bits per heavy atom. The summed E-state index contributed by atoms with van der Waals surface area (Å²) in [4.78, 5) is 31.0. The van der Waals surface area contributed by atoms with Crippen molar-refractivity contribution in [2.45, 2.75) is 19.9 Å². The van der Waals surface area contributed by atoms with Crippen molar-refractivity contribution in [3.8, 4) is 0 Å². The number of pyridine rings is 1. The van der Waals surface area contributed by atoms with E-state index in [1.165, 1.54) is 16.9 Å². The summed E-state index contributed by atoms with van der Waals surface area (Å²) in [5, 5.41) is 4.68. The van der Waals surface area contributed by atoms with Crippen molar-refractivity contribution >= 4 is 22.5 Å². The topological polar surface area (TPSA) is 81.7 Å². The van der Waals surface area contributed by atoms with E-state index in [2.05, 4.69) is 15.0 Å². The number of ether oxygens (including phenoxy) is 1. The first-order chi connectivity index (χ1) is 12.0. The molecule has 132 valence electrons. The van der Waals surface area contributed by atoms with Gasteiger partial charge >= 0.3 is 5.97 Å². The normalized spacial score (nSPS) is 11.5. The Balaban J connectivity index is 2.02. The highest BCUT2D eigenvalue weighted by Crippen LogP contribution is 2.15. The average Bonchev–Trinajstić information content (AvgIpc) is 3.01. The van der Waals surface area contributed by atoms with Crippen LogP contribution in [0, 0.1) is 0 Å². The standard InChI is InChI=1S/C17H21N5O3/c1-4-25-17(24)13-11-19-22-14-6-9-21(8-5-7-20(2)3)16(23)12(14)10-18-15(13)22/h6,9-11H,4-5,7-8H2,1-3H3. The van der Waals surface area contributed by atoms with Gasteiger partial charge in [-0.15, -0.1) is 0 Å². The average molecular weight is 343 g/mol. The van der Waals surface area contributed by atoms with Crippen molar-refractivity contribution < 1.29 is 9.53 Å². The van der Waals surface area contributed by atoms with Crippen LogP contribution in [0.3, 0.4) is 0 Å². The number of rotatable bonds is 6. The minimum atomic E-state index is -0.471. The Labute approximate surface area is 144 Å². The number of carbonyl (C=O) groups is 1. The van der Waals surface area contributed by atoms with Gasteiger partial charge < -0.3 is 14.2 Å². The Kier molecular flexibility index (Phi) is 4.80. The predicted molar refractivity (Wildman–Crippen MR) is 93.9 cm³/mol. The molecule has 8 heteroatoms. The molecule has 0 N–H and O–H groups in total. The predicted octanol–water partition coefficient (Wildman–Crippen LogP) is 1.17. The molecule has 0 fully saturated rings. The number of aromatic nitrogens is 4. The van der Waals surface area contributed by atoms with Gasteiger partial charge in [-0.2, -0.15) is 5.10 Å². The molecule has 0 saturated carbocycles. The van der Waals surface area contributed by atoms with Crippen LogP contribution in [-0.4, -0.2) is 57.3 Å². The van der Waals surface area contributed by atoms with Crippen LogP contribution < -0.4 is 5.56 Å². The second-order valence-electron chi connectivity index (χ2n) is 6.04. The monoisotopic (exact) mass is 343 g/mol. The molecule has 3 heterocycles. The highest BCUT2D eigenvalue weighted by Gasteiger charge is 2.17. The van der Waals surface area contributed by atoms with Crippen LogP contribution in [0.2, 0.25) is 0 Å². The third-order valence-corrected chi connectivity index (χ3v) is 3.97. The summed E-state index contributed by atoms with van der Waals surface area (Å²) in [5.74, 6) is -0.471. The zero-order valence-electron chi connectivity index (χ0n) is 14.6. The van der Waals surface area contributed by atoms with Crippen molar-refractivity contribution in [3.63, 3.8) is 0 Å². The Bertz CT molecular complexity index is 973. The molecule has 0 aliphatic rings. The van der Waals surface area contributed by atoms with Crippen LogP contribution in [0.25, 0.3) is 16.6 Å². The third kappa shape index (κ3) is 3.25. The van der Waals surface area contributed by atoms with E-state index in [-0.39, 0.29) is 12.2 Å². The van der Waals surface area contributed by atoms with Crippen molar-refractivity contribution in [2.75, 3.05) is 27.2 Å². The van der Waals surface area contributed by atoms with Gasteiger partial charge in [0.15, 0.2) is 5.65 Å². The summed E-state index contributed by atoms with van der Waals surface area (Å²) in [6.07, 6.45) is 5.55. The fourth-order valence-electron chi connectivity index (χ4n) is 2.74. The zero-order chi connectivity index (χ0) is 18.0. The molecule has 0 amide bonds. The van der Waals surface area contributed by atoms with Crippen LogP contribution in [0.4, 0.5) is 0 Å². The van der Waals surface area contributed by atoms with Crippen LogP contribution in [0.1, 0.15) is 23.7 Å². The van der Waals surface area contributed by atoms with E-state index in [1.54, 1.807) is 17.7 Å². The van der Waals surface area contributed by atoms with Crippen LogP contribution >= 0.6 is 0 Å². The molecule has 0 atom stereocenters. The molecule has 0 aliphatic carbocycles. The number of aryl methyl sites for hydroxylation is 1. The van der Waals surface area contributed by atoms with Crippen molar-refractivity contribution in [3.05, 3.63) is 40.6 Å². The van der Waals surface area contributed by atoms with E-state index in [9.17, 15) is 9.59 Å². The molecular weight excluding hydrogens is 322 g/mol. The number of esters is 1. The Hall–Kier alpha value is -2.74. The van der Waals surface area contributed by atoms with E-state index in [0.29, 0.717) is 28.7 Å². The van der Waals surface area contributed by atoms with Gasteiger partial charge in [0.05, 0.1) is 23.7 Å². The van der Waals surface area contributed by atoms with Gasteiger partial charge in [-0.1, -0.05) is 0 Å². The highest BCUT2D eigenvalue weighted by molar-refractivity contribution is 5.96. The van der Waals surface area contributed by atoms with Gasteiger partial charge in [0.1, 0.15) is 5.56 Å². The molecule has 0 unspecified atom stereocenters. The molecule has 3 aromatic rings. The summed E-state index contributed by atoms with van der Waals surface area (Å²) in [7, 11) is 4.01. The first kappa shape index (κ1) is 17.1. The van der Waals surface area contributed by atoms with Crippen molar-refractivity contribution in [2.24, 2.45) is 0 Å². The molecule has 3 aromatic heterocycles. The molecular formula is C17H21N5O3. The summed E-state index contributed by atoms with van der Waals surface area (Å²) in [6, 6.07) is 1.82. The van der Waals surface area contributed by atoms with Crippen LogP contribution in [0.5, 0.6) is 0 Å². The van der Waals surface area contributed by atoms with Crippen molar-refractivity contribution in [1.29, 1.82) is 0 Å². The number of nitrogens with zero attached hydrogens (tertiary/aromatic N) is 5. The van der Waals surface area contributed by atoms with Gasteiger partial charge in [-0.05, 0) is 40.1 Å². The highest BCUT2D eigenvalue weighted by atomic mass is 16.5. The largest absolute Gasteiger partial charge is 0.462 e. The lowest BCUT2D eigenvalue weighted by molar-refractivity contribution is 0.0528. The van der Waals surface area contributed by atoms with E-state index >= 15 is 0 Å². The van der Waals surface area contributed by atoms with E-state index in [4.69, 9.17) is 4.74 Å². The fraction of sp³-hybridized carbons (Fsp3) is 0.412. The molecule has 0 radical (unpaired) electrons. The molecule has 0 bridgehead atoms. The smallest absolute Gasteiger partial charge is 0.343 e. The summed E-state index contributed by atoms with van der Waals surface area (Å²) >= 11 is 0. The first-order valence-electron chi connectivity index (χ1n) is 8.20. The van der Waals surface area contributed by atoms with Crippen LogP contribution in [0.15, 0.2) is 29.5 Å². The number of hydrogen-bond donors (Lipinski definition) is 0. The summed E-state index contributed by atoms with van der Waals surface area (Å²) < 4.78 is 8.19. The SMILES string of the molecule is CCOC(=O)c1cnn2c1ncc1c(=O)n(CCCN(C)C)ccc12. The van der Waals surface area contributed by atoms with E-state index < -0.39 is 5.97 Å². The molecule has 0 aliphatic heterocycles. The maximum Gasteiger partial charge on any atom is 0.343 e. The molecule has 0 spiro atoms. The van der Waals surface area contributed by atoms with Crippen LogP contribution in [-0.2, 0) is 11.3 Å². The second-order valence-corrected chi connectivity index (χ2v) is 6.04. The Morgan fingerprint density at radius 3 is 2.84 bits per heavy atom.